The lowest BCUT2D eigenvalue weighted by Gasteiger charge is -2.25. The second-order valence-corrected chi connectivity index (χ2v) is 11.8. The molecule has 0 aliphatic carbocycles. The summed E-state index contributed by atoms with van der Waals surface area (Å²) in [6, 6.07) is 56.6. The fourth-order valence-corrected chi connectivity index (χ4v) is 6.58. The molecule has 5 heteroatoms. The minimum atomic E-state index is -0.0732. The number of hydrogen-bond acceptors (Lipinski definition) is 5. The van der Waals surface area contributed by atoms with Gasteiger partial charge in [0.1, 0.15) is 22.3 Å². The number of anilines is 6. The van der Waals surface area contributed by atoms with Crippen LogP contribution >= 0.6 is 0 Å². The van der Waals surface area contributed by atoms with E-state index in [9.17, 15) is 4.79 Å². The maximum Gasteiger partial charge on any atom is 0.200 e. The summed E-state index contributed by atoms with van der Waals surface area (Å²) in [4.78, 5) is 18.3. The molecule has 0 aliphatic rings. The predicted octanol–water partition coefficient (Wildman–Crippen LogP) is 11.8. The number of fused-ring (bicyclic) bond motifs is 5. The highest BCUT2D eigenvalue weighted by molar-refractivity contribution is 6.11. The van der Waals surface area contributed by atoms with E-state index in [1.165, 1.54) is 0 Å². The van der Waals surface area contributed by atoms with Crippen molar-refractivity contribution in [1.82, 2.24) is 0 Å². The number of rotatable bonds is 6. The topological polar surface area (TPSA) is 49.8 Å². The van der Waals surface area contributed by atoms with Gasteiger partial charge in [-0.2, -0.15) is 0 Å². The average molecular weight is 621 g/mol. The molecule has 0 N–H and O–H groups in total. The van der Waals surface area contributed by atoms with Gasteiger partial charge >= 0.3 is 0 Å². The Labute approximate surface area is 276 Å². The molecule has 0 bridgehead atoms. The molecule has 7 aromatic carbocycles. The number of hydrogen-bond donors (Lipinski definition) is 0. The van der Waals surface area contributed by atoms with E-state index in [-0.39, 0.29) is 5.43 Å². The van der Waals surface area contributed by atoms with E-state index in [0.717, 1.165) is 50.5 Å². The Balaban J connectivity index is 1.18. The zero-order chi connectivity index (χ0) is 32.0. The quantitative estimate of drug-likeness (QED) is 0.173. The van der Waals surface area contributed by atoms with E-state index < -0.39 is 0 Å². The lowest BCUT2D eigenvalue weighted by molar-refractivity contribution is 0.650. The molecule has 0 amide bonds. The monoisotopic (exact) mass is 620 g/mol. The summed E-state index contributed by atoms with van der Waals surface area (Å²) in [6.07, 6.45) is 0. The molecule has 0 spiro atoms. The lowest BCUT2D eigenvalue weighted by atomic mass is 10.1. The van der Waals surface area contributed by atoms with E-state index in [1.54, 1.807) is 0 Å². The van der Waals surface area contributed by atoms with E-state index in [2.05, 4.69) is 76.5 Å². The van der Waals surface area contributed by atoms with Crippen molar-refractivity contribution < 1.29 is 8.83 Å². The molecule has 0 saturated carbocycles. The van der Waals surface area contributed by atoms with Crippen molar-refractivity contribution in [2.24, 2.45) is 0 Å². The Kier molecular flexibility index (Phi) is 6.54. The summed E-state index contributed by atoms with van der Waals surface area (Å²) in [5, 5.41) is 2.86. The van der Waals surface area contributed by atoms with Crippen molar-refractivity contribution in [3.63, 3.8) is 0 Å². The first-order valence-corrected chi connectivity index (χ1v) is 15.9. The minimum absolute atomic E-state index is 0.0732. The number of para-hydroxylation sites is 4. The molecule has 0 saturated heterocycles. The molecule has 5 nitrogen and oxygen atoms in total. The minimum Gasteiger partial charge on any atom is -0.456 e. The highest BCUT2D eigenvalue weighted by Crippen LogP contribution is 2.40. The molecule has 228 valence electrons. The van der Waals surface area contributed by atoms with Gasteiger partial charge in [0, 0.05) is 63.1 Å². The zero-order valence-corrected chi connectivity index (χ0v) is 25.8. The predicted molar refractivity (Wildman–Crippen MR) is 197 cm³/mol. The fourth-order valence-electron chi connectivity index (χ4n) is 6.58. The van der Waals surface area contributed by atoms with Crippen molar-refractivity contribution in [2.45, 2.75) is 0 Å². The first-order chi connectivity index (χ1) is 23.7. The third-order valence-electron chi connectivity index (χ3n) is 8.81. The summed E-state index contributed by atoms with van der Waals surface area (Å²) in [6.45, 7) is 0. The highest BCUT2D eigenvalue weighted by Gasteiger charge is 2.19. The van der Waals surface area contributed by atoms with Crippen molar-refractivity contribution in [3.05, 3.63) is 180 Å². The molecular weight excluding hydrogens is 592 g/mol. The van der Waals surface area contributed by atoms with Crippen LogP contribution in [-0.2, 0) is 0 Å². The molecule has 0 aliphatic heterocycles. The van der Waals surface area contributed by atoms with Crippen LogP contribution in [0.5, 0.6) is 0 Å². The highest BCUT2D eigenvalue weighted by atomic mass is 16.3. The Morgan fingerprint density at radius 2 is 0.688 bits per heavy atom. The Morgan fingerprint density at radius 1 is 0.312 bits per heavy atom. The first-order valence-electron chi connectivity index (χ1n) is 15.9. The summed E-state index contributed by atoms with van der Waals surface area (Å²) >= 11 is 0. The normalized spacial score (nSPS) is 11.4. The van der Waals surface area contributed by atoms with E-state index in [1.807, 2.05) is 103 Å². The molecule has 9 aromatic rings. The van der Waals surface area contributed by atoms with Gasteiger partial charge in [-0.3, -0.25) is 4.79 Å². The third-order valence-corrected chi connectivity index (χ3v) is 8.81. The van der Waals surface area contributed by atoms with E-state index in [0.29, 0.717) is 27.5 Å². The molecule has 0 fully saturated rings. The van der Waals surface area contributed by atoms with Crippen LogP contribution in [0.1, 0.15) is 0 Å². The molecule has 0 radical (unpaired) electrons. The standard InChI is InChI=1S/C43H28N2O3/c46-43-36-24-22-34(45(31-17-9-3-10-18-31)32-19-11-4-12-20-32)26-40(36)48-42-28-41-37(27-38(42)43)35-23-21-33(25-39(35)47-41)44(29-13-5-1-6-14-29)30-15-7-2-8-16-30/h1-28H. The van der Waals surface area contributed by atoms with Crippen LogP contribution in [0, 0.1) is 0 Å². The van der Waals surface area contributed by atoms with Crippen LogP contribution in [0.15, 0.2) is 183 Å². The molecule has 0 unspecified atom stereocenters. The maximum absolute atomic E-state index is 14.0. The zero-order valence-electron chi connectivity index (χ0n) is 25.8. The Bertz CT molecular complexity index is 2550. The smallest absolute Gasteiger partial charge is 0.200 e. The van der Waals surface area contributed by atoms with Crippen LogP contribution < -0.4 is 15.2 Å². The summed E-state index contributed by atoms with van der Waals surface area (Å²) in [5.41, 5.74) is 8.28. The van der Waals surface area contributed by atoms with Gasteiger partial charge in [-0.15, -0.1) is 0 Å². The van der Waals surface area contributed by atoms with Crippen LogP contribution in [0.25, 0.3) is 43.9 Å². The van der Waals surface area contributed by atoms with Crippen molar-refractivity contribution in [3.8, 4) is 0 Å². The molecule has 0 atom stereocenters. The number of furan rings is 1. The van der Waals surface area contributed by atoms with E-state index >= 15 is 0 Å². The van der Waals surface area contributed by atoms with Crippen LogP contribution in [0.3, 0.4) is 0 Å². The van der Waals surface area contributed by atoms with Gasteiger partial charge in [-0.05, 0) is 78.9 Å². The van der Waals surface area contributed by atoms with Gasteiger partial charge in [-0.25, -0.2) is 0 Å². The fraction of sp³-hybridized carbons (Fsp3) is 0. The van der Waals surface area contributed by atoms with Crippen molar-refractivity contribution in [2.75, 3.05) is 9.80 Å². The van der Waals surface area contributed by atoms with Crippen molar-refractivity contribution >= 4 is 78.0 Å². The van der Waals surface area contributed by atoms with Crippen molar-refractivity contribution in [1.29, 1.82) is 0 Å². The van der Waals surface area contributed by atoms with Gasteiger partial charge in [0.05, 0.1) is 10.8 Å². The van der Waals surface area contributed by atoms with Crippen LogP contribution in [-0.4, -0.2) is 0 Å². The molecule has 9 rings (SSSR count). The second kappa shape index (κ2) is 11.3. The van der Waals surface area contributed by atoms with Gasteiger partial charge in [0.25, 0.3) is 0 Å². The molecule has 2 heterocycles. The van der Waals surface area contributed by atoms with Crippen LogP contribution in [0.2, 0.25) is 0 Å². The lowest BCUT2D eigenvalue weighted by Crippen LogP contribution is -2.10. The van der Waals surface area contributed by atoms with Crippen LogP contribution in [0.4, 0.5) is 34.1 Å². The second-order valence-electron chi connectivity index (χ2n) is 11.8. The molecule has 2 aromatic heterocycles. The van der Waals surface area contributed by atoms with Gasteiger partial charge < -0.3 is 18.6 Å². The van der Waals surface area contributed by atoms with E-state index in [4.69, 9.17) is 8.83 Å². The van der Waals surface area contributed by atoms with Gasteiger partial charge in [0.2, 0.25) is 5.43 Å². The molecule has 48 heavy (non-hydrogen) atoms. The largest absolute Gasteiger partial charge is 0.456 e. The first kappa shape index (κ1) is 27.7. The maximum atomic E-state index is 14.0. The number of nitrogens with zero attached hydrogens (tertiary/aromatic N) is 2. The summed E-state index contributed by atoms with van der Waals surface area (Å²) < 4.78 is 12.9. The third kappa shape index (κ3) is 4.68. The summed E-state index contributed by atoms with van der Waals surface area (Å²) in [5.74, 6) is 0. The van der Waals surface area contributed by atoms with Gasteiger partial charge in [0.15, 0.2) is 0 Å². The average Bonchev–Trinajstić information content (AvgIpc) is 3.49. The molecular formula is C43H28N2O3. The van der Waals surface area contributed by atoms with Gasteiger partial charge in [-0.1, -0.05) is 72.8 Å². The SMILES string of the molecule is O=c1c2ccc(N(c3ccccc3)c3ccccc3)cc2oc2cc3oc4cc(N(c5ccccc5)c5ccccc5)ccc4c3cc12. The Morgan fingerprint density at radius 3 is 1.15 bits per heavy atom. The Hall–Kier alpha value is -6.59. The number of benzene rings is 7. The summed E-state index contributed by atoms with van der Waals surface area (Å²) in [7, 11) is 0.